The standard InChI is InChI=1S/C21H22N4O/c1-14(2)11-16-6-8-18(9-7-16)25-21-23-12-17(13-24-21)20(26)19-5-4-10-22-15(19)3/h4-10,12-14H,11H2,1-3H3,(H,23,24,25). The van der Waals surface area contributed by atoms with Crippen molar-refractivity contribution in [3.05, 3.63) is 77.4 Å². The number of aryl methyl sites for hydroxylation is 1. The molecule has 3 aromatic rings. The summed E-state index contributed by atoms with van der Waals surface area (Å²) in [4.78, 5) is 25.2. The van der Waals surface area contributed by atoms with Crippen LogP contribution < -0.4 is 5.32 Å². The second-order valence-corrected chi connectivity index (χ2v) is 6.68. The molecule has 26 heavy (non-hydrogen) atoms. The first-order valence-corrected chi connectivity index (χ1v) is 8.67. The van der Waals surface area contributed by atoms with Gasteiger partial charge in [0.25, 0.3) is 0 Å². The smallest absolute Gasteiger partial charge is 0.227 e. The zero-order chi connectivity index (χ0) is 18.5. The minimum Gasteiger partial charge on any atom is -0.324 e. The van der Waals surface area contributed by atoms with Gasteiger partial charge in [-0.25, -0.2) is 9.97 Å². The first kappa shape index (κ1) is 17.7. The highest BCUT2D eigenvalue weighted by atomic mass is 16.1. The Labute approximate surface area is 153 Å². The number of anilines is 2. The lowest BCUT2D eigenvalue weighted by Gasteiger charge is -2.08. The largest absolute Gasteiger partial charge is 0.324 e. The van der Waals surface area contributed by atoms with Gasteiger partial charge in [0, 0.05) is 35.5 Å². The van der Waals surface area contributed by atoms with Crippen molar-refractivity contribution >= 4 is 17.4 Å². The minimum atomic E-state index is -0.125. The Hall–Kier alpha value is -3.08. The van der Waals surface area contributed by atoms with Crippen LogP contribution in [-0.2, 0) is 6.42 Å². The van der Waals surface area contributed by atoms with E-state index in [0.717, 1.165) is 12.1 Å². The van der Waals surface area contributed by atoms with Crippen molar-refractivity contribution in [2.75, 3.05) is 5.32 Å². The molecule has 3 rings (SSSR count). The number of carbonyl (C=O) groups excluding carboxylic acids is 1. The van der Waals surface area contributed by atoms with Crippen LogP contribution in [0.4, 0.5) is 11.6 Å². The van der Waals surface area contributed by atoms with E-state index >= 15 is 0 Å². The third kappa shape index (κ3) is 4.30. The van der Waals surface area contributed by atoms with Gasteiger partial charge in [-0.15, -0.1) is 0 Å². The summed E-state index contributed by atoms with van der Waals surface area (Å²) in [5.74, 6) is 0.965. The molecule has 1 N–H and O–H groups in total. The summed E-state index contributed by atoms with van der Waals surface area (Å²) in [5.41, 5.74) is 3.93. The molecular weight excluding hydrogens is 324 g/mol. The lowest BCUT2D eigenvalue weighted by molar-refractivity contribution is 0.103. The lowest BCUT2D eigenvalue weighted by atomic mass is 10.0. The second-order valence-electron chi connectivity index (χ2n) is 6.68. The zero-order valence-electron chi connectivity index (χ0n) is 15.2. The normalized spacial score (nSPS) is 10.8. The number of benzene rings is 1. The van der Waals surface area contributed by atoms with Crippen molar-refractivity contribution in [2.45, 2.75) is 27.2 Å². The first-order valence-electron chi connectivity index (χ1n) is 8.67. The van der Waals surface area contributed by atoms with Gasteiger partial charge >= 0.3 is 0 Å². The maximum Gasteiger partial charge on any atom is 0.227 e. The Morgan fingerprint density at radius 2 is 1.73 bits per heavy atom. The van der Waals surface area contributed by atoms with Crippen molar-refractivity contribution in [2.24, 2.45) is 5.92 Å². The number of hydrogen-bond donors (Lipinski definition) is 1. The fraction of sp³-hybridized carbons (Fsp3) is 0.238. The van der Waals surface area contributed by atoms with Gasteiger partial charge < -0.3 is 5.32 Å². The molecule has 5 heteroatoms. The van der Waals surface area contributed by atoms with E-state index in [0.29, 0.717) is 28.7 Å². The van der Waals surface area contributed by atoms with E-state index in [1.54, 1.807) is 18.3 Å². The van der Waals surface area contributed by atoms with Crippen LogP contribution in [-0.4, -0.2) is 20.7 Å². The summed E-state index contributed by atoms with van der Waals surface area (Å²) in [5, 5.41) is 3.16. The van der Waals surface area contributed by atoms with Gasteiger partial charge in [-0.2, -0.15) is 0 Å². The van der Waals surface area contributed by atoms with E-state index in [2.05, 4.69) is 46.2 Å². The average Bonchev–Trinajstić information content (AvgIpc) is 2.63. The molecular formula is C21H22N4O. The first-order chi connectivity index (χ1) is 12.5. The predicted octanol–water partition coefficient (Wildman–Crippen LogP) is 4.35. The molecule has 0 aliphatic carbocycles. The molecule has 0 spiro atoms. The topological polar surface area (TPSA) is 67.8 Å². The molecule has 0 aliphatic heterocycles. The number of rotatable bonds is 6. The van der Waals surface area contributed by atoms with Gasteiger partial charge in [0.1, 0.15) is 0 Å². The molecule has 0 saturated heterocycles. The summed E-state index contributed by atoms with van der Waals surface area (Å²) in [7, 11) is 0. The fourth-order valence-corrected chi connectivity index (χ4v) is 2.71. The molecule has 0 bridgehead atoms. The quantitative estimate of drug-likeness (QED) is 0.672. The van der Waals surface area contributed by atoms with Crippen LogP contribution in [0.2, 0.25) is 0 Å². The van der Waals surface area contributed by atoms with E-state index in [1.165, 1.54) is 18.0 Å². The number of carbonyl (C=O) groups is 1. The van der Waals surface area contributed by atoms with Crippen molar-refractivity contribution < 1.29 is 4.79 Å². The average molecular weight is 346 g/mol. The van der Waals surface area contributed by atoms with Crippen molar-refractivity contribution in [1.29, 1.82) is 0 Å². The van der Waals surface area contributed by atoms with Crippen LogP contribution in [0, 0.1) is 12.8 Å². The number of ketones is 1. The molecule has 2 aromatic heterocycles. The molecule has 0 radical (unpaired) electrons. The molecule has 0 amide bonds. The van der Waals surface area contributed by atoms with Crippen LogP contribution >= 0.6 is 0 Å². The Balaban J connectivity index is 1.70. The van der Waals surface area contributed by atoms with E-state index in [1.807, 2.05) is 19.1 Å². The SMILES string of the molecule is Cc1ncccc1C(=O)c1cnc(Nc2ccc(CC(C)C)cc2)nc1. The summed E-state index contributed by atoms with van der Waals surface area (Å²) < 4.78 is 0. The van der Waals surface area contributed by atoms with Crippen LogP contribution in [0.5, 0.6) is 0 Å². The van der Waals surface area contributed by atoms with Crippen LogP contribution in [0.3, 0.4) is 0 Å². The Bertz CT molecular complexity index is 887. The number of nitrogens with zero attached hydrogens (tertiary/aromatic N) is 3. The maximum absolute atomic E-state index is 12.5. The van der Waals surface area contributed by atoms with Gasteiger partial charge in [0.2, 0.25) is 5.95 Å². The summed E-state index contributed by atoms with van der Waals surface area (Å²) in [6.45, 7) is 6.22. The Morgan fingerprint density at radius 3 is 2.35 bits per heavy atom. The monoisotopic (exact) mass is 346 g/mol. The Morgan fingerprint density at radius 1 is 1.04 bits per heavy atom. The lowest BCUT2D eigenvalue weighted by Crippen LogP contribution is -2.07. The Kier molecular flexibility index (Phi) is 5.37. The molecule has 0 atom stereocenters. The minimum absolute atomic E-state index is 0.125. The van der Waals surface area contributed by atoms with Crippen molar-refractivity contribution in [1.82, 2.24) is 15.0 Å². The van der Waals surface area contributed by atoms with E-state index in [-0.39, 0.29) is 5.78 Å². The number of nitrogens with one attached hydrogen (secondary N) is 1. The molecule has 0 aliphatic rings. The van der Waals surface area contributed by atoms with Gasteiger partial charge in [-0.3, -0.25) is 9.78 Å². The van der Waals surface area contributed by atoms with Gasteiger partial charge in [0.05, 0.1) is 5.56 Å². The predicted molar refractivity (Wildman–Crippen MR) is 103 cm³/mol. The number of hydrogen-bond acceptors (Lipinski definition) is 5. The van der Waals surface area contributed by atoms with Crippen molar-refractivity contribution in [3.63, 3.8) is 0 Å². The summed E-state index contributed by atoms with van der Waals surface area (Å²) >= 11 is 0. The highest BCUT2D eigenvalue weighted by molar-refractivity contribution is 6.09. The van der Waals surface area contributed by atoms with E-state index in [4.69, 9.17) is 0 Å². The second kappa shape index (κ2) is 7.87. The number of aromatic nitrogens is 3. The highest BCUT2D eigenvalue weighted by Crippen LogP contribution is 2.17. The van der Waals surface area contributed by atoms with Crippen LogP contribution in [0.15, 0.2) is 55.0 Å². The van der Waals surface area contributed by atoms with Crippen molar-refractivity contribution in [3.8, 4) is 0 Å². The highest BCUT2D eigenvalue weighted by Gasteiger charge is 2.13. The molecule has 5 nitrogen and oxygen atoms in total. The maximum atomic E-state index is 12.5. The molecule has 132 valence electrons. The van der Waals surface area contributed by atoms with Gasteiger partial charge in [0.15, 0.2) is 5.78 Å². The summed E-state index contributed by atoms with van der Waals surface area (Å²) in [6.07, 6.45) is 5.80. The zero-order valence-corrected chi connectivity index (χ0v) is 15.2. The molecule has 0 unspecified atom stereocenters. The summed E-state index contributed by atoms with van der Waals surface area (Å²) in [6, 6.07) is 11.7. The van der Waals surface area contributed by atoms with Crippen LogP contribution in [0.25, 0.3) is 0 Å². The van der Waals surface area contributed by atoms with Gasteiger partial charge in [-0.05, 0) is 49.1 Å². The number of pyridine rings is 1. The third-order valence-corrected chi connectivity index (χ3v) is 4.02. The van der Waals surface area contributed by atoms with Crippen LogP contribution in [0.1, 0.15) is 41.0 Å². The molecule has 0 saturated carbocycles. The van der Waals surface area contributed by atoms with Gasteiger partial charge in [-0.1, -0.05) is 26.0 Å². The van der Waals surface area contributed by atoms with E-state index in [9.17, 15) is 4.79 Å². The van der Waals surface area contributed by atoms with E-state index < -0.39 is 0 Å². The fourth-order valence-electron chi connectivity index (χ4n) is 2.71. The molecule has 2 heterocycles. The molecule has 0 fully saturated rings. The third-order valence-electron chi connectivity index (χ3n) is 4.02. The molecule has 1 aromatic carbocycles.